The van der Waals surface area contributed by atoms with Crippen LogP contribution in [0, 0.1) is 5.92 Å². The summed E-state index contributed by atoms with van der Waals surface area (Å²) in [5.74, 6) is 1.57. The number of nitrogens with two attached hydrogens (primary N) is 1. The number of anilines is 4. The molecular weight excluding hydrogens is 364 g/mol. The van der Waals surface area contributed by atoms with Crippen LogP contribution in [0.15, 0.2) is 35.4 Å². The quantitative estimate of drug-likeness (QED) is 0.812. The molecule has 2 heterocycles. The Bertz CT molecular complexity index is 871. The summed E-state index contributed by atoms with van der Waals surface area (Å²) in [7, 11) is 2.13. The SMILES string of the molecule is CC(C)CC1C(=O)N(C)c2cnc(Nc3ccc(S(N)=O)cc3)nc2N1C. The van der Waals surface area contributed by atoms with Crippen molar-refractivity contribution in [3.8, 4) is 0 Å². The first-order valence-electron chi connectivity index (χ1n) is 8.68. The monoisotopic (exact) mass is 388 g/mol. The minimum atomic E-state index is -1.51. The number of carbonyl (C=O) groups excluding carboxylic acids is 1. The Morgan fingerprint density at radius 1 is 1.26 bits per heavy atom. The number of hydrogen-bond acceptors (Lipinski definition) is 6. The van der Waals surface area contributed by atoms with Crippen molar-refractivity contribution in [2.24, 2.45) is 11.1 Å². The second-order valence-corrected chi connectivity index (χ2v) is 8.07. The fraction of sp³-hybridized carbons (Fsp3) is 0.389. The van der Waals surface area contributed by atoms with Gasteiger partial charge in [-0.3, -0.25) is 4.79 Å². The second kappa shape index (κ2) is 7.61. The number of benzene rings is 1. The zero-order valence-corrected chi connectivity index (χ0v) is 16.7. The summed E-state index contributed by atoms with van der Waals surface area (Å²) in [4.78, 5) is 25.7. The highest BCUT2D eigenvalue weighted by atomic mass is 32.2. The maximum absolute atomic E-state index is 12.7. The normalized spacial score (nSPS) is 17.9. The van der Waals surface area contributed by atoms with E-state index in [0.717, 1.165) is 12.1 Å². The van der Waals surface area contributed by atoms with Gasteiger partial charge in [-0.25, -0.2) is 14.3 Å². The third-order valence-corrected chi connectivity index (χ3v) is 5.30. The summed E-state index contributed by atoms with van der Waals surface area (Å²) in [5, 5.41) is 8.50. The van der Waals surface area contributed by atoms with Gasteiger partial charge in [-0.05, 0) is 36.6 Å². The lowest BCUT2D eigenvalue weighted by molar-refractivity contribution is -0.120. The van der Waals surface area contributed by atoms with Crippen LogP contribution in [0.25, 0.3) is 0 Å². The van der Waals surface area contributed by atoms with Gasteiger partial charge in [0.05, 0.1) is 11.1 Å². The molecule has 2 unspecified atom stereocenters. The lowest BCUT2D eigenvalue weighted by atomic mass is 9.99. The highest BCUT2D eigenvalue weighted by Gasteiger charge is 2.36. The number of aromatic nitrogens is 2. The number of carbonyl (C=O) groups is 1. The molecule has 8 nitrogen and oxygen atoms in total. The highest BCUT2D eigenvalue weighted by molar-refractivity contribution is 7.82. The predicted molar refractivity (Wildman–Crippen MR) is 107 cm³/mol. The van der Waals surface area contributed by atoms with Crippen molar-refractivity contribution in [3.05, 3.63) is 30.5 Å². The Hall–Kier alpha value is -2.52. The van der Waals surface area contributed by atoms with Crippen LogP contribution in [0.3, 0.4) is 0 Å². The molecule has 1 aromatic carbocycles. The Kier molecular flexibility index (Phi) is 5.43. The summed E-state index contributed by atoms with van der Waals surface area (Å²) in [5.41, 5.74) is 1.44. The molecule has 3 N–H and O–H groups in total. The maximum atomic E-state index is 12.7. The van der Waals surface area contributed by atoms with Gasteiger partial charge < -0.3 is 15.1 Å². The van der Waals surface area contributed by atoms with Gasteiger partial charge in [-0.15, -0.1) is 0 Å². The number of nitrogens with zero attached hydrogens (tertiary/aromatic N) is 4. The Balaban J connectivity index is 1.88. The molecule has 1 aliphatic heterocycles. The van der Waals surface area contributed by atoms with Crippen molar-refractivity contribution in [2.75, 3.05) is 29.2 Å². The van der Waals surface area contributed by atoms with E-state index in [1.807, 2.05) is 11.9 Å². The van der Waals surface area contributed by atoms with Gasteiger partial charge in [0.15, 0.2) is 5.82 Å². The number of nitrogens with one attached hydrogen (secondary N) is 1. The van der Waals surface area contributed by atoms with Crippen LogP contribution in [0.1, 0.15) is 20.3 Å². The molecule has 0 fully saturated rings. The van der Waals surface area contributed by atoms with Crippen LogP contribution in [0.5, 0.6) is 0 Å². The molecule has 1 amide bonds. The van der Waals surface area contributed by atoms with E-state index in [4.69, 9.17) is 5.14 Å². The van der Waals surface area contributed by atoms with E-state index in [1.165, 1.54) is 0 Å². The van der Waals surface area contributed by atoms with Crippen molar-refractivity contribution >= 4 is 40.0 Å². The fourth-order valence-electron chi connectivity index (χ4n) is 3.09. The van der Waals surface area contributed by atoms with Gasteiger partial charge in [0.1, 0.15) is 22.7 Å². The van der Waals surface area contributed by atoms with Gasteiger partial charge in [0, 0.05) is 19.8 Å². The van der Waals surface area contributed by atoms with E-state index in [9.17, 15) is 9.00 Å². The van der Waals surface area contributed by atoms with Crippen LogP contribution >= 0.6 is 0 Å². The summed E-state index contributed by atoms with van der Waals surface area (Å²) in [6.45, 7) is 4.20. The summed E-state index contributed by atoms with van der Waals surface area (Å²) < 4.78 is 11.3. The molecule has 0 saturated carbocycles. The topological polar surface area (TPSA) is 104 Å². The average Bonchev–Trinajstić information content (AvgIpc) is 2.63. The second-order valence-electron chi connectivity index (χ2n) is 7.00. The van der Waals surface area contributed by atoms with Gasteiger partial charge >= 0.3 is 0 Å². The van der Waals surface area contributed by atoms with Crippen molar-refractivity contribution in [1.82, 2.24) is 9.97 Å². The molecular formula is C18H24N6O2S. The van der Waals surface area contributed by atoms with Crippen LogP contribution in [-0.2, 0) is 15.8 Å². The van der Waals surface area contributed by atoms with Gasteiger partial charge in [-0.1, -0.05) is 13.8 Å². The lowest BCUT2D eigenvalue weighted by Gasteiger charge is -2.39. The molecule has 1 aromatic heterocycles. The van der Waals surface area contributed by atoms with Gasteiger partial charge in [0.2, 0.25) is 11.9 Å². The van der Waals surface area contributed by atoms with Crippen molar-refractivity contribution in [2.45, 2.75) is 31.2 Å². The third kappa shape index (κ3) is 3.93. The van der Waals surface area contributed by atoms with Crippen molar-refractivity contribution < 1.29 is 9.00 Å². The standard InChI is InChI=1S/C18H24N6O2S/c1-11(2)9-14-17(25)24(4)15-10-20-18(22-16(15)23(14)3)21-12-5-7-13(8-6-12)27(19)26/h5-8,10-11,14H,9,19H2,1-4H3,(H,20,21,22). The van der Waals surface area contributed by atoms with E-state index >= 15 is 0 Å². The molecule has 0 bridgehead atoms. The number of fused-ring (bicyclic) bond motifs is 1. The summed E-state index contributed by atoms with van der Waals surface area (Å²) >= 11 is 0. The fourth-order valence-corrected chi connectivity index (χ4v) is 3.49. The number of amides is 1. The number of likely N-dealkylation sites (N-methyl/N-ethyl adjacent to an activating group) is 2. The zero-order chi connectivity index (χ0) is 19.7. The molecule has 27 heavy (non-hydrogen) atoms. The largest absolute Gasteiger partial charge is 0.346 e. The molecule has 0 saturated heterocycles. The molecule has 9 heteroatoms. The minimum absolute atomic E-state index is 0.0494. The number of hydrogen-bond donors (Lipinski definition) is 2. The molecule has 0 spiro atoms. The smallest absolute Gasteiger partial charge is 0.249 e. The van der Waals surface area contributed by atoms with Gasteiger partial charge in [-0.2, -0.15) is 4.98 Å². The Morgan fingerprint density at radius 3 is 2.52 bits per heavy atom. The lowest BCUT2D eigenvalue weighted by Crippen LogP contribution is -2.51. The van der Waals surface area contributed by atoms with Crippen LogP contribution in [-0.4, -0.2) is 40.2 Å². The van der Waals surface area contributed by atoms with Crippen LogP contribution in [0.4, 0.5) is 23.1 Å². The molecule has 144 valence electrons. The predicted octanol–water partition coefficient (Wildman–Crippen LogP) is 2.03. The average molecular weight is 388 g/mol. The van der Waals surface area contributed by atoms with E-state index in [-0.39, 0.29) is 11.9 Å². The van der Waals surface area contributed by atoms with E-state index < -0.39 is 11.0 Å². The van der Waals surface area contributed by atoms with Crippen LogP contribution < -0.4 is 20.3 Å². The molecule has 0 radical (unpaired) electrons. The van der Waals surface area contributed by atoms with E-state index in [1.54, 1.807) is 42.4 Å². The summed E-state index contributed by atoms with van der Waals surface area (Å²) in [6.07, 6.45) is 2.40. The van der Waals surface area contributed by atoms with E-state index in [2.05, 4.69) is 29.1 Å². The Labute approximate surface area is 161 Å². The molecule has 3 rings (SSSR count). The first-order chi connectivity index (χ1) is 12.8. The maximum Gasteiger partial charge on any atom is 0.249 e. The molecule has 2 atom stereocenters. The highest BCUT2D eigenvalue weighted by Crippen LogP contribution is 2.34. The van der Waals surface area contributed by atoms with Crippen molar-refractivity contribution in [3.63, 3.8) is 0 Å². The van der Waals surface area contributed by atoms with Crippen LogP contribution in [0.2, 0.25) is 0 Å². The van der Waals surface area contributed by atoms with Gasteiger partial charge in [0.25, 0.3) is 0 Å². The van der Waals surface area contributed by atoms with E-state index in [0.29, 0.717) is 28.3 Å². The Morgan fingerprint density at radius 2 is 1.93 bits per heavy atom. The molecule has 0 aliphatic carbocycles. The molecule has 2 aromatic rings. The molecule has 1 aliphatic rings. The first-order valence-corrected chi connectivity index (χ1v) is 9.90. The zero-order valence-electron chi connectivity index (χ0n) is 15.8. The minimum Gasteiger partial charge on any atom is -0.346 e. The summed E-state index contributed by atoms with van der Waals surface area (Å²) in [6, 6.07) is 6.67. The number of rotatable bonds is 5. The first kappa shape index (κ1) is 19.2. The third-order valence-electron chi connectivity index (χ3n) is 4.57. The van der Waals surface area contributed by atoms with Crippen molar-refractivity contribution in [1.29, 1.82) is 0 Å².